The van der Waals surface area contributed by atoms with Crippen molar-refractivity contribution in [3.05, 3.63) is 84.9 Å². The Morgan fingerprint density at radius 3 is 1.00 bits per heavy atom. The van der Waals surface area contributed by atoms with E-state index in [9.17, 15) is 16.9 Å². The van der Waals surface area contributed by atoms with Crippen LogP contribution in [-0.2, 0) is 0 Å². The first-order valence-corrected chi connectivity index (χ1v) is 16.5. The molecule has 0 radical (unpaired) electrons. The Balaban J connectivity index is 0.000000479. The topological polar surface area (TPSA) is 41.8 Å². The van der Waals surface area contributed by atoms with Gasteiger partial charge in [0.25, 0.3) is 0 Å². The zero-order valence-corrected chi connectivity index (χ0v) is 22.6. The number of ether oxygens (including phenoxy) is 3. The summed E-state index contributed by atoms with van der Waals surface area (Å²) in [6.45, 7) is 0. The monoisotopic (exact) mass is 633 g/mol. The molecule has 1 N–H and O–H groups in total. The van der Waals surface area contributed by atoms with Gasteiger partial charge in [0.05, 0.1) is 21.3 Å². The average Bonchev–Trinajstić information content (AvgIpc) is 2.87. The zero-order chi connectivity index (χ0) is 27.3. The Hall–Kier alpha value is -3.39. The van der Waals surface area contributed by atoms with Gasteiger partial charge in [-0.25, -0.2) is 4.98 Å². The fourth-order valence-corrected chi connectivity index (χ4v) is 3.37. The molecule has 0 amide bonds. The summed E-state index contributed by atoms with van der Waals surface area (Å²) in [7, 11) is 5.02. The summed E-state index contributed by atoms with van der Waals surface area (Å²) < 4.78 is 75.5. The summed E-state index contributed by atoms with van der Waals surface area (Å²) in [5.74, 6) is 2.51. The van der Waals surface area contributed by atoms with E-state index in [0.29, 0.717) is 0 Å². The second kappa shape index (κ2) is 10.2. The number of pyridine rings is 1. The molecule has 11 heteroatoms. The molecule has 0 unspecified atom stereocenters. The third-order valence-electron chi connectivity index (χ3n) is 5.09. The molecule has 4 rings (SSSR count). The van der Waals surface area contributed by atoms with Gasteiger partial charge in [-0.3, -0.25) is 0 Å². The van der Waals surface area contributed by atoms with Gasteiger partial charge in [-0.05, 0) is 71.8 Å². The summed E-state index contributed by atoms with van der Waals surface area (Å²) in [5, 5.41) is 0. The van der Waals surface area contributed by atoms with Gasteiger partial charge < -0.3 is 14.2 Å². The van der Waals surface area contributed by atoms with Gasteiger partial charge in [0, 0.05) is 23.3 Å². The molecule has 1 aromatic heterocycles. The van der Waals surface area contributed by atoms with E-state index < -0.39 is 19.5 Å². The van der Waals surface area contributed by atoms with Crippen molar-refractivity contribution in [2.45, 2.75) is 0 Å². The molecule has 0 bridgehead atoms. The van der Waals surface area contributed by atoms with Gasteiger partial charge in [0.1, 0.15) is 17.2 Å². The van der Waals surface area contributed by atoms with Crippen molar-refractivity contribution >= 4 is 19.5 Å². The number of methoxy groups -OCH3 is 3. The van der Waals surface area contributed by atoms with E-state index in [0.717, 1.165) is 50.9 Å². The van der Waals surface area contributed by atoms with E-state index in [4.69, 9.17) is 14.2 Å². The van der Waals surface area contributed by atoms with Crippen LogP contribution in [-0.4, -0.2) is 40.8 Å². The van der Waals surface area contributed by atoms with Gasteiger partial charge in [-0.2, -0.15) is 0 Å². The predicted molar refractivity (Wildman–Crippen MR) is 131 cm³/mol. The Bertz CT molecular complexity index is 1170. The molecular formula is C26H24F6NO3Sb. The fraction of sp³-hybridized carbons (Fsp3) is 0.115. The second-order valence-corrected chi connectivity index (χ2v) is 13.3. The van der Waals surface area contributed by atoms with E-state index in [1.165, 1.54) is 0 Å². The normalized spacial score (nSPS) is 12.9. The van der Waals surface area contributed by atoms with Crippen molar-refractivity contribution < 1.29 is 36.1 Å². The SMILES string of the molecule is COc1ccc(-c2cc(-c3ccc(OC)cc3)[nH+]c(-c3ccc(OC)cc3)c2)cc1.[F][Sb-]([F])([F])([F])([F])[F]. The van der Waals surface area contributed by atoms with Crippen molar-refractivity contribution in [1.29, 1.82) is 0 Å². The van der Waals surface area contributed by atoms with Gasteiger partial charge >= 0.3 is 36.4 Å². The molecular weight excluding hydrogens is 610 g/mol. The molecule has 0 aliphatic heterocycles. The number of aromatic nitrogens is 1. The molecule has 0 fully saturated rings. The van der Waals surface area contributed by atoms with Crippen molar-refractivity contribution in [3.8, 4) is 50.9 Å². The van der Waals surface area contributed by atoms with Crippen LogP contribution in [0.1, 0.15) is 0 Å². The summed E-state index contributed by atoms with van der Waals surface area (Å²) in [5.41, 5.74) is 6.46. The standard InChI is InChI=1S/C26H23NO3.6FH.Sb/c1-28-22-10-4-18(5-11-22)21-16-25(19-6-12-23(29-2)13-7-19)27-26(17-21)20-8-14-24(30-3)15-9-20;;;;;;;/h4-17H,1-3H3;6*1H;/q;;;;;;;+5/p-5. The van der Waals surface area contributed by atoms with Crippen LogP contribution in [0.15, 0.2) is 84.9 Å². The Labute approximate surface area is 212 Å². The molecule has 0 aliphatic carbocycles. The number of nitrogens with one attached hydrogen (secondary N) is 1. The summed E-state index contributed by atoms with van der Waals surface area (Å²) in [4.78, 5) is 3.58. The van der Waals surface area contributed by atoms with E-state index in [1.54, 1.807) is 21.3 Å². The first kappa shape index (κ1) is 28.2. The molecule has 0 saturated carbocycles. The van der Waals surface area contributed by atoms with Gasteiger partial charge in [-0.1, -0.05) is 12.1 Å². The third-order valence-corrected chi connectivity index (χ3v) is 5.09. The molecule has 0 atom stereocenters. The molecule has 0 spiro atoms. The third kappa shape index (κ3) is 9.53. The Morgan fingerprint density at radius 2 is 0.730 bits per heavy atom. The summed E-state index contributed by atoms with van der Waals surface area (Å²) in [6.07, 6.45) is 0. The molecule has 4 aromatic rings. The predicted octanol–water partition coefficient (Wildman–Crippen LogP) is 7.67. The van der Waals surface area contributed by atoms with Crippen LogP contribution < -0.4 is 19.2 Å². The molecule has 3 aromatic carbocycles. The fourth-order valence-electron chi connectivity index (χ4n) is 3.37. The number of aromatic amines is 1. The minimum absolute atomic E-state index is 0.834. The van der Waals surface area contributed by atoms with Crippen LogP contribution in [0.25, 0.3) is 33.6 Å². The van der Waals surface area contributed by atoms with E-state index in [-0.39, 0.29) is 0 Å². The molecule has 37 heavy (non-hydrogen) atoms. The van der Waals surface area contributed by atoms with Crippen LogP contribution in [0.5, 0.6) is 17.2 Å². The van der Waals surface area contributed by atoms with Crippen LogP contribution >= 0.6 is 0 Å². The Morgan fingerprint density at radius 1 is 0.459 bits per heavy atom. The zero-order valence-electron chi connectivity index (χ0n) is 20.0. The van der Waals surface area contributed by atoms with Crippen LogP contribution in [0.4, 0.5) is 16.9 Å². The number of hydrogen-bond acceptors (Lipinski definition) is 3. The van der Waals surface area contributed by atoms with Gasteiger partial charge in [0.15, 0.2) is 0 Å². The molecule has 1 heterocycles. The summed E-state index contributed by atoms with van der Waals surface area (Å²) in [6, 6.07) is 28.5. The first-order chi connectivity index (χ1) is 17.1. The van der Waals surface area contributed by atoms with Crippen LogP contribution in [0, 0.1) is 0 Å². The van der Waals surface area contributed by atoms with Crippen molar-refractivity contribution in [1.82, 2.24) is 0 Å². The maximum atomic E-state index is 9.93. The van der Waals surface area contributed by atoms with Crippen LogP contribution in [0.2, 0.25) is 0 Å². The number of H-pyrrole nitrogens is 1. The van der Waals surface area contributed by atoms with Gasteiger partial charge in [0.2, 0.25) is 11.4 Å². The number of hydrogen-bond donors (Lipinski definition) is 0. The Kier molecular flexibility index (Phi) is 7.74. The second-order valence-electron chi connectivity index (χ2n) is 7.84. The molecule has 198 valence electrons. The first-order valence-electron chi connectivity index (χ1n) is 10.7. The number of halogens is 6. The molecule has 0 aliphatic rings. The minimum atomic E-state index is -11.2. The number of benzene rings is 3. The summed E-state index contributed by atoms with van der Waals surface area (Å²) >= 11 is -11.2. The van der Waals surface area contributed by atoms with Crippen molar-refractivity contribution in [3.63, 3.8) is 0 Å². The van der Waals surface area contributed by atoms with E-state index >= 15 is 0 Å². The van der Waals surface area contributed by atoms with Crippen molar-refractivity contribution in [2.24, 2.45) is 0 Å². The van der Waals surface area contributed by atoms with E-state index in [2.05, 4.69) is 53.5 Å². The maximum absolute atomic E-state index is 11.2. The average molecular weight is 634 g/mol. The van der Waals surface area contributed by atoms with Crippen molar-refractivity contribution in [2.75, 3.05) is 21.3 Å². The molecule has 0 saturated heterocycles. The van der Waals surface area contributed by atoms with E-state index in [1.807, 2.05) is 36.4 Å². The van der Waals surface area contributed by atoms with Crippen LogP contribution in [0.3, 0.4) is 0 Å². The quantitative estimate of drug-likeness (QED) is 0.162. The number of rotatable bonds is 6. The van der Waals surface area contributed by atoms with Gasteiger partial charge in [-0.15, -0.1) is 0 Å². The molecule has 4 nitrogen and oxygen atoms in total.